The number of unbranched alkanes of at least 4 members (excludes halogenated alkanes) is 10. The van der Waals surface area contributed by atoms with Crippen LogP contribution in [-0.4, -0.2) is 20.0 Å². The fraction of sp³-hybridized carbons (Fsp3) is 0.870. The normalized spacial score (nSPS) is 11.6. The minimum atomic E-state index is -1.42. The zero-order valence-corrected chi connectivity index (χ0v) is 20.2. The smallest absolute Gasteiger partial charge is 0.333 e. The molecule has 4 heteroatoms. The number of ether oxygens (including phenoxy) is 1. The van der Waals surface area contributed by atoms with Gasteiger partial charge in [0.1, 0.15) is 0 Å². The lowest BCUT2D eigenvalue weighted by Gasteiger charge is -2.23. The second kappa shape index (κ2) is 17.8. The Morgan fingerprint density at radius 2 is 1.19 bits per heavy atom. The maximum absolute atomic E-state index is 11.2. The third-order valence-electron chi connectivity index (χ3n) is 5.25. The summed E-state index contributed by atoms with van der Waals surface area (Å²) in [5.41, 5.74) is 0.487. The zero-order chi connectivity index (χ0) is 20.4. The van der Waals surface area contributed by atoms with Gasteiger partial charge >= 0.3 is 5.97 Å². The van der Waals surface area contributed by atoms with Gasteiger partial charge in [0.15, 0.2) is 7.38 Å². The van der Waals surface area contributed by atoms with Crippen molar-refractivity contribution in [2.45, 2.75) is 122 Å². The number of hydrogen-bond donors (Lipinski definition) is 0. The fourth-order valence-corrected chi connectivity index (χ4v) is 8.65. The third kappa shape index (κ3) is 16.4. The van der Waals surface area contributed by atoms with Gasteiger partial charge in [0.05, 0.1) is 6.61 Å². The molecule has 0 aromatic carbocycles. The van der Waals surface area contributed by atoms with Crippen LogP contribution in [0.15, 0.2) is 12.2 Å². The summed E-state index contributed by atoms with van der Waals surface area (Å²) in [6.07, 6.45) is 16.8. The first-order chi connectivity index (χ1) is 12.9. The van der Waals surface area contributed by atoms with Crippen molar-refractivity contribution in [2.24, 2.45) is 0 Å². The molecule has 0 aromatic heterocycles. The molecule has 2 nitrogen and oxygen atoms in total. The summed E-state index contributed by atoms with van der Waals surface area (Å²) >= 11 is 6.92. The largest absolute Gasteiger partial charge is 0.462 e. The van der Waals surface area contributed by atoms with E-state index >= 15 is 0 Å². The summed E-state index contributed by atoms with van der Waals surface area (Å²) in [4.78, 5) is 11.2. The monoisotopic (exact) mass is 416 g/mol. The van der Waals surface area contributed by atoms with Crippen molar-refractivity contribution in [3.63, 3.8) is 0 Å². The van der Waals surface area contributed by atoms with Crippen molar-refractivity contribution in [3.8, 4) is 0 Å². The Bertz CT molecular complexity index is 379. The van der Waals surface area contributed by atoms with Gasteiger partial charge < -0.3 is 4.74 Å². The van der Waals surface area contributed by atoms with Crippen LogP contribution in [0.3, 0.4) is 0 Å². The number of halogens is 1. The van der Waals surface area contributed by atoms with Crippen LogP contribution in [0, 0.1) is 0 Å². The van der Waals surface area contributed by atoms with Crippen molar-refractivity contribution < 1.29 is 9.53 Å². The second-order valence-electron chi connectivity index (χ2n) is 8.21. The lowest BCUT2D eigenvalue weighted by atomic mass is 10.1. The summed E-state index contributed by atoms with van der Waals surface area (Å²) in [7, 11) is -1.42. The maximum atomic E-state index is 11.2. The van der Waals surface area contributed by atoms with E-state index in [4.69, 9.17) is 15.8 Å². The van der Waals surface area contributed by atoms with E-state index in [-0.39, 0.29) is 5.97 Å². The second-order valence-corrected chi connectivity index (χ2v) is 14.4. The predicted molar refractivity (Wildman–Crippen MR) is 123 cm³/mol. The Hall–Kier alpha value is -0.283. The van der Waals surface area contributed by atoms with Gasteiger partial charge in [-0.2, -0.15) is 11.1 Å². The molecule has 0 bridgehead atoms. The van der Waals surface area contributed by atoms with Gasteiger partial charge in [0, 0.05) is 5.57 Å². The summed E-state index contributed by atoms with van der Waals surface area (Å²) in [5, 5.41) is 0. The van der Waals surface area contributed by atoms with E-state index in [1.165, 1.54) is 88.8 Å². The van der Waals surface area contributed by atoms with Gasteiger partial charge in [0.25, 0.3) is 0 Å². The van der Waals surface area contributed by atoms with Crippen molar-refractivity contribution in [3.05, 3.63) is 12.2 Å². The molecule has 0 radical (unpaired) electrons. The molecule has 0 spiro atoms. The van der Waals surface area contributed by atoms with Gasteiger partial charge in [-0.05, 0) is 31.5 Å². The Morgan fingerprint density at radius 3 is 1.59 bits per heavy atom. The van der Waals surface area contributed by atoms with E-state index in [0.29, 0.717) is 12.2 Å². The van der Waals surface area contributed by atoms with E-state index < -0.39 is 7.38 Å². The van der Waals surface area contributed by atoms with Crippen LogP contribution in [0.4, 0.5) is 0 Å². The average molecular weight is 417 g/mol. The molecule has 0 amide bonds. The minimum absolute atomic E-state index is 0.259. The van der Waals surface area contributed by atoms with Crippen LogP contribution in [-0.2, 0) is 9.53 Å². The molecule has 0 saturated heterocycles. The molecule has 0 unspecified atom stereocenters. The highest BCUT2D eigenvalue weighted by molar-refractivity contribution is 7.20. The molecule has 0 saturated carbocycles. The molecule has 0 aromatic rings. The maximum Gasteiger partial charge on any atom is 0.333 e. The predicted octanol–water partition coefficient (Wildman–Crippen LogP) is 8.40. The minimum Gasteiger partial charge on any atom is -0.462 e. The highest BCUT2D eigenvalue weighted by Crippen LogP contribution is 2.31. The van der Waals surface area contributed by atoms with E-state index in [2.05, 4.69) is 20.4 Å². The molecule has 0 N–H and O–H groups in total. The molecular formula is C23H45ClO2Si. The quantitative estimate of drug-likeness (QED) is 0.0694. The summed E-state index contributed by atoms with van der Waals surface area (Å²) in [5.74, 6) is -0.259. The molecule has 160 valence electrons. The van der Waals surface area contributed by atoms with Gasteiger partial charge in [0.2, 0.25) is 0 Å². The summed E-state index contributed by atoms with van der Waals surface area (Å²) in [6.45, 7) is 10.4. The van der Waals surface area contributed by atoms with Gasteiger partial charge in [-0.3, -0.25) is 0 Å². The lowest BCUT2D eigenvalue weighted by Crippen LogP contribution is -2.25. The Labute approximate surface area is 175 Å². The molecule has 0 rings (SSSR count). The Morgan fingerprint density at radius 1 is 0.778 bits per heavy atom. The molecule has 0 heterocycles. The zero-order valence-electron chi connectivity index (χ0n) is 18.4. The summed E-state index contributed by atoms with van der Waals surface area (Å²) in [6, 6.07) is 3.94. The number of carbonyl (C=O) groups excluding carboxylic acids is 1. The van der Waals surface area contributed by atoms with Crippen LogP contribution in [0.2, 0.25) is 18.1 Å². The third-order valence-corrected chi connectivity index (χ3v) is 11.0. The van der Waals surface area contributed by atoms with Crippen molar-refractivity contribution >= 4 is 24.4 Å². The Balaban J connectivity index is 3.36. The lowest BCUT2D eigenvalue weighted by molar-refractivity contribution is -0.139. The van der Waals surface area contributed by atoms with Crippen LogP contribution in [0.25, 0.3) is 0 Å². The first-order valence-corrected chi connectivity index (χ1v) is 15.1. The standard InChI is InChI=1S/C23H45ClO2Si/c1-5-19-27(24,20-6-2)21-17-15-13-11-9-7-8-10-12-14-16-18-26-23(25)22(3)4/h3,5-21H2,1-2,4H3. The average Bonchev–Trinajstić information content (AvgIpc) is 2.62. The van der Waals surface area contributed by atoms with Crippen LogP contribution < -0.4 is 0 Å². The van der Waals surface area contributed by atoms with Crippen molar-refractivity contribution in [2.75, 3.05) is 6.61 Å². The fourth-order valence-electron chi connectivity index (χ4n) is 3.69. The van der Waals surface area contributed by atoms with E-state index in [0.717, 1.165) is 12.8 Å². The van der Waals surface area contributed by atoms with E-state index in [1.807, 2.05) is 0 Å². The first kappa shape index (κ1) is 26.7. The number of rotatable bonds is 19. The van der Waals surface area contributed by atoms with Gasteiger partial charge in [-0.1, -0.05) is 97.5 Å². The molecule has 0 fully saturated rings. The molecule has 0 aliphatic heterocycles. The van der Waals surface area contributed by atoms with Crippen molar-refractivity contribution in [1.29, 1.82) is 0 Å². The summed E-state index contributed by atoms with van der Waals surface area (Å²) < 4.78 is 5.10. The van der Waals surface area contributed by atoms with Crippen LogP contribution in [0.1, 0.15) is 104 Å². The van der Waals surface area contributed by atoms with E-state index in [1.54, 1.807) is 6.92 Å². The highest BCUT2D eigenvalue weighted by Gasteiger charge is 2.27. The molecule has 27 heavy (non-hydrogen) atoms. The molecular weight excluding hydrogens is 372 g/mol. The van der Waals surface area contributed by atoms with Crippen LogP contribution in [0.5, 0.6) is 0 Å². The van der Waals surface area contributed by atoms with Gasteiger partial charge in [-0.25, -0.2) is 4.79 Å². The molecule has 0 atom stereocenters. The number of hydrogen-bond acceptors (Lipinski definition) is 2. The first-order valence-electron chi connectivity index (χ1n) is 11.5. The van der Waals surface area contributed by atoms with E-state index in [9.17, 15) is 4.79 Å². The molecule has 0 aliphatic rings. The SMILES string of the molecule is C=C(C)C(=O)OCCCCCCCCCCCCC[Si](Cl)(CCC)CCC. The van der Waals surface area contributed by atoms with Gasteiger partial charge in [-0.15, -0.1) is 0 Å². The Kier molecular flexibility index (Phi) is 17.6. The molecule has 0 aliphatic carbocycles. The highest BCUT2D eigenvalue weighted by atomic mass is 35.6. The van der Waals surface area contributed by atoms with Crippen LogP contribution >= 0.6 is 11.1 Å². The van der Waals surface area contributed by atoms with Crippen molar-refractivity contribution in [1.82, 2.24) is 0 Å². The number of carbonyl (C=O) groups is 1. The number of esters is 1. The topological polar surface area (TPSA) is 26.3 Å².